The van der Waals surface area contributed by atoms with Crippen molar-refractivity contribution in [2.75, 3.05) is 42.9 Å². The van der Waals surface area contributed by atoms with Gasteiger partial charge in [0.15, 0.2) is 5.78 Å². The molecule has 2 aromatic carbocycles. The first-order chi connectivity index (χ1) is 13.5. The number of nitro benzene ring substituents is 1. The molecule has 1 amide bonds. The van der Waals surface area contributed by atoms with Crippen LogP contribution >= 0.6 is 0 Å². The van der Waals surface area contributed by atoms with Crippen molar-refractivity contribution in [3.8, 4) is 0 Å². The largest absolute Gasteiger partial charge is 0.371 e. The summed E-state index contributed by atoms with van der Waals surface area (Å²) in [5, 5.41) is 14.1. The first kappa shape index (κ1) is 19.3. The number of hydrogen-bond donors (Lipinski definition) is 1. The summed E-state index contributed by atoms with van der Waals surface area (Å²) in [5.74, 6) is -0.361. The molecule has 2 aromatic rings. The highest BCUT2D eigenvalue weighted by atomic mass is 16.6. The van der Waals surface area contributed by atoms with Gasteiger partial charge in [-0.2, -0.15) is 0 Å². The molecule has 0 unspecified atom stereocenters. The van der Waals surface area contributed by atoms with E-state index in [0.717, 1.165) is 18.8 Å². The van der Waals surface area contributed by atoms with Crippen molar-refractivity contribution < 1.29 is 14.5 Å². The van der Waals surface area contributed by atoms with Crippen molar-refractivity contribution in [1.82, 2.24) is 4.90 Å². The van der Waals surface area contributed by atoms with Crippen molar-refractivity contribution in [3.63, 3.8) is 0 Å². The average molecular weight is 382 g/mol. The number of Topliss-reactive ketones (excluding diaryl/α,β-unsaturated/α-hetero) is 1. The van der Waals surface area contributed by atoms with Gasteiger partial charge < -0.3 is 15.1 Å². The lowest BCUT2D eigenvalue weighted by Crippen LogP contribution is -2.50. The normalized spacial score (nSPS) is 13.9. The van der Waals surface area contributed by atoms with Crippen molar-refractivity contribution in [1.29, 1.82) is 0 Å². The molecule has 1 heterocycles. The van der Waals surface area contributed by atoms with Gasteiger partial charge in [-0.05, 0) is 31.2 Å². The molecule has 0 atom stereocenters. The fraction of sp³-hybridized carbons (Fsp3) is 0.300. The molecule has 8 heteroatoms. The summed E-state index contributed by atoms with van der Waals surface area (Å²) in [6, 6.07) is 14.2. The van der Waals surface area contributed by atoms with E-state index in [1.54, 1.807) is 4.90 Å². The summed E-state index contributed by atoms with van der Waals surface area (Å²) in [5.41, 5.74) is 1.41. The summed E-state index contributed by atoms with van der Waals surface area (Å²) in [7, 11) is 0. The second-order valence-electron chi connectivity index (χ2n) is 6.60. The predicted molar refractivity (Wildman–Crippen MR) is 107 cm³/mol. The third-order valence-electron chi connectivity index (χ3n) is 4.78. The van der Waals surface area contributed by atoms with Crippen LogP contribution in [0.15, 0.2) is 48.5 Å². The van der Waals surface area contributed by atoms with Crippen LogP contribution in [0.25, 0.3) is 0 Å². The van der Waals surface area contributed by atoms with Gasteiger partial charge in [0.05, 0.1) is 11.5 Å². The van der Waals surface area contributed by atoms with E-state index in [2.05, 4.69) is 10.2 Å². The number of anilines is 2. The van der Waals surface area contributed by atoms with Crippen LogP contribution in [0.5, 0.6) is 0 Å². The number of rotatable bonds is 6. The summed E-state index contributed by atoms with van der Waals surface area (Å²) in [6.45, 7) is 3.99. The molecule has 0 saturated carbocycles. The lowest BCUT2D eigenvalue weighted by atomic mass is 10.1. The maximum Gasteiger partial charge on any atom is 0.293 e. The molecule has 28 heavy (non-hydrogen) atoms. The van der Waals surface area contributed by atoms with E-state index in [-0.39, 0.29) is 35.2 Å². The van der Waals surface area contributed by atoms with Crippen LogP contribution in [0.4, 0.5) is 17.1 Å². The molecule has 0 radical (unpaired) electrons. The molecule has 0 bridgehead atoms. The molecule has 0 aromatic heterocycles. The number of nitro groups is 1. The quantitative estimate of drug-likeness (QED) is 0.469. The number of amides is 1. The van der Waals surface area contributed by atoms with Gasteiger partial charge >= 0.3 is 0 Å². The summed E-state index contributed by atoms with van der Waals surface area (Å²) < 4.78 is 0. The highest BCUT2D eigenvalue weighted by Crippen LogP contribution is 2.25. The number of nitrogens with one attached hydrogen (secondary N) is 1. The number of carbonyl (C=O) groups excluding carboxylic acids is 2. The standard InChI is InChI=1S/C20H22N4O4/c1-15(25)16-7-8-18(19(13-16)24(27)28)21-14-20(26)23-11-9-22(10-12-23)17-5-3-2-4-6-17/h2-8,13,21H,9-12,14H2,1H3. The Morgan fingerprint density at radius 2 is 1.75 bits per heavy atom. The van der Waals surface area contributed by atoms with Crippen LogP contribution in [-0.4, -0.2) is 54.2 Å². The van der Waals surface area contributed by atoms with E-state index in [1.165, 1.54) is 25.1 Å². The average Bonchev–Trinajstić information content (AvgIpc) is 2.72. The minimum Gasteiger partial charge on any atom is -0.371 e. The molecular weight excluding hydrogens is 360 g/mol. The van der Waals surface area contributed by atoms with E-state index in [0.29, 0.717) is 13.1 Å². The van der Waals surface area contributed by atoms with Gasteiger partial charge in [0, 0.05) is 43.5 Å². The highest BCUT2D eigenvalue weighted by molar-refractivity contribution is 5.95. The molecule has 0 aliphatic carbocycles. The van der Waals surface area contributed by atoms with Crippen LogP contribution in [0, 0.1) is 10.1 Å². The fourth-order valence-electron chi connectivity index (χ4n) is 3.19. The first-order valence-corrected chi connectivity index (χ1v) is 9.06. The number of para-hydroxylation sites is 1. The van der Waals surface area contributed by atoms with E-state index in [1.807, 2.05) is 30.3 Å². The molecule has 146 valence electrons. The molecule has 1 saturated heterocycles. The molecule has 1 fully saturated rings. The summed E-state index contributed by atoms with van der Waals surface area (Å²) in [6.07, 6.45) is 0. The monoisotopic (exact) mass is 382 g/mol. The molecule has 1 aliphatic heterocycles. The Kier molecular flexibility index (Phi) is 5.88. The van der Waals surface area contributed by atoms with Gasteiger partial charge in [-0.3, -0.25) is 19.7 Å². The smallest absolute Gasteiger partial charge is 0.293 e. The molecule has 0 spiro atoms. The van der Waals surface area contributed by atoms with Gasteiger partial charge in [0.1, 0.15) is 5.69 Å². The topological polar surface area (TPSA) is 95.8 Å². The van der Waals surface area contributed by atoms with Gasteiger partial charge in [-0.1, -0.05) is 18.2 Å². The van der Waals surface area contributed by atoms with E-state index in [4.69, 9.17) is 0 Å². The van der Waals surface area contributed by atoms with Gasteiger partial charge in [0.2, 0.25) is 5.91 Å². The number of piperazine rings is 1. The number of benzene rings is 2. The summed E-state index contributed by atoms with van der Waals surface area (Å²) in [4.78, 5) is 38.6. The Labute approximate surface area is 162 Å². The zero-order valence-electron chi connectivity index (χ0n) is 15.6. The van der Waals surface area contributed by atoms with Gasteiger partial charge in [0.25, 0.3) is 5.69 Å². The second-order valence-corrected chi connectivity index (χ2v) is 6.60. The SMILES string of the molecule is CC(=O)c1ccc(NCC(=O)N2CCN(c3ccccc3)CC2)c([N+](=O)[O-])c1. The number of hydrogen-bond acceptors (Lipinski definition) is 6. The number of carbonyl (C=O) groups is 2. The highest BCUT2D eigenvalue weighted by Gasteiger charge is 2.22. The Bertz CT molecular complexity index is 877. The number of nitrogens with zero attached hydrogens (tertiary/aromatic N) is 3. The lowest BCUT2D eigenvalue weighted by Gasteiger charge is -2.36. The fourth-order valence-corrected chi connectivity index (χ4v) is 3.19. The molecule has 1 N–H and O–H groups in total. The Morgan fingerprint density at radius 3 is 2.36 bits per heavy atom. The van der Waals surface area contributed by atoms with Gasteiger partial charge in [-0.25, -0.2) is 0 Å². The third kappa shape index (κ3) is 4.46. The van der Waals surface area contributed by atoms with Crippen LogP contribution in [0.2, 0.25) is 0 Å². The lowest BCUT2D eigenvalue weighted by molar-refractivity contribution is -0.384. The van der Waals surface area contributed by atoms with Crippen molar-refractivity contribution in [2.45, 2.75) is 6.92 Å². The maximum atomic E-state index is 12.5. The minimum atomic E-state index is -0.558. The minimum absolute atomic E-state index is 0.0361. The van der Waals surface area contributed by atoms with Crippen molar-refractivity contribution in [2.24, 2.45) is 0 Å². The van der Waals surface area contributed by atoms with Gasteiger partial charge in [-0.15, -0.1) is 0 Å². The number of ketones is 1. The van der Waals surface area contributed by atoms with Crippen LogP contribution < -0.4 is 10.2 Å². The second kappa shape index (κ2) is 8.51. The Hall–Kier alpha value is -3.42. The molecule has 3 rings (SSSR count). The zero-order valence-corrected chi connectivity index (χ0v) is 15.6. The van der Waals surface area contributed by atoms with E-state index >= 15 is 0 Å². The van der Waals surface area contributed by atoms with Crippen LogP contribution in [0.1, 0.15) is 17.3 Å². The predicted octanol–water partition coefficient (Wildman–Crippen LogP) is 2.56. The van der Waals surface area contributed by atoms with E-state index in [9.17, 15) is 19.7 Å². The Balaban J connectivity index is 1.58. The van der Waals surface area contributed by atoms with Crippen molar-refractivity contribution >= 4 is 28.8 Å². The maximum absolute atomic E-state index is 12.5. The summed E-state index contributed by atoms with van der Waals surface area (Å²) >= 11 is 0. The molecule has 8 nitrogen and oxygen atoms in total. The molecule has 1 aliphatic rings. The zero-order chi connectivity index (χ0) is 20.1. The molecular formula is C20H22N4O4. The van der Waals surface area contributed by atoms with Crippen LogP contribution in [0.3, 0.4) is 0 Å². The van der Waals surface area contributed by atoms with E-state index < -0.39 is 4.92 Å². The Morgan fingerprint density at radius 1 is 1.07 bits per heavy atom. The third-order valence-corrected chi connectivity index (χ3v) is 4.78. The van der Waals surface area contributed by atoms with Crippen molar-refractivity contribution in [3.05, 3.63) is 64.2 Å². The van der Waals surface area contributed by atoms with Crippen LogP contribution in [-0.2, 0) is 4.79 Å². The first-order valence-electron chi connectivity index (χ1n) is 9.06.